The number of aryl methyl sites for hydroxylation is 2. The number of carbonyl (C=O) groups excluding carboxylic acids is 1. The molecule has 3 aromatic rings. The van der Waals surface area contributed by atoms with Crippen LogP contribution in [0.1, 0.15) is 21.7 Å². The van der Waals surface area contributed by atoms with Crippen molar-refractivity contribution in [2.75, 3.05) is 13.2 Å². The number of hydrogen-bond acceptors (Lipinski definition) is 6. The van der Waals surface area contributed by atoms with Crippen molar-refractivity contribution in [1.29, 1.82) is 0 Å². The molecule has 24 heavy (non-hydrogen) atoms. The van der Waals surface area contributed by atoms with Gasteiger partial charge in [-0.3, -0.25) is 9.89 Å². The van der Waals surface area contributed by atoms with Crippen molar-refractivity contribution in [2.45, 2.75) is 13.8 Å². The van der Waals surface area contributed by atoms with Gasteiger partial charge < -0.3 is 10.1 Å². The van der Waals surface area contributed by atoms with Crippen LogP contribution in [0, 0.1) is 13.8 Å². The summed E-state index contributed by atoms with van der Waals surface area (Å²) in [5, 5.41) is 17.2. The molecular formula is C16H17N5O3. The predicted molar refractivity (Wildman–Crippen MR) is 85.6 cm³/mol. The fourth-order valence-corrected chi connectivity index (χ4v) is 2.27. The lowest BCUT2D eigenvalue weighted by Gasteiger charge is -2.07. The molecule has 2 N–H and O–H groups in total. The molecule has 8 heteroatoms. The third-order valence-electron chi connectivity index (χ3n) is 3.46. The molecule has 2 aromatic heterocycles. The number of amides is 1. The summed E-state index contributed by atoms with van der Waals surface area (Å²) in [6, 6.07) is 9.55. The van der Waals surface area contributed by atoms with Crippen molar-refractivity contribution in [3.63, 3.8) is 0 Å². The van der Waals surface area contributed by atoms with Gasteiger partial charge in [-0.2, -0.15) is 5.10 Å². The predicted octanol–water partition coefficient (Wildman–Crippen LogP) is 1.89. The van der Waals surface area contributed by atoms with E-state index in [1.807, 2.05) is 37.3 Å². The Morgan fingerprint density at radius 2 is 2.04 bits per heavy atom. The molecule has 1 amide bonds. The molecule has 3 rings (SSSR count). The van der Waals surface area contributed by atoms with Crippen LogP contribution in [0.4, 0.5) is 0 Å². The van der Waals surface area contributed by atoms with E-state index >= 15 is 0 Å². The molecular weight excluding hydrogens is 310 g/mol. The van der Waals surface area contributed by atoms with E-state index in [1.54, 1.807) is 6.92 Å². The van der Waals surface area contributed by atoms with Crippen LogP contribution in [0.15, 0.2) is 35.0 Å². The first-order chi connectivity index (χ1) is 11.7. The number of rotatable bonds is 6. The standard InChI is InChI=1S/C16H17N5O3/c1-10-13(14(19-18-10)12-6-4-3-5-7-12)15(22)17-8-9-23-16-11(2)20-24-21-16/h3-7H,8-9H2,1-2H3,(H,17,22)(H,18,19). The Morgan fingerprint density at radius 1 is 1.25 bits per heavy atom. The number of ether oxygens (including phenoxy) is 1. The zero-order valence-electron chi connectivity index (χ0n) is 13.4. The summed E-state index contributed by atoms with van der Waals surface area (Å²) in [7, 11) is 0. The number of aromatic amines is 1. The molecule has 0 saturated heterocycles. The summed E-state index contributed by atoms with van der Waals surface area (Å²) >= 11 is 0. The summed E-state index contributed by atoms with van der Waals surface area (Å²) in [6.45, 7) is 4.13. The first-order valence-electron chi connectivity index (χ1n) is 7.47. The van der Waals surface area contributed by atoms with Gasteiger partial charge in [0.1, 0.15) is 18.0 Å². The van der Waals surface area contributed by atoms with E-state index in [-0.39, 0.29) is 12.5 Å². The number of benzene rings is 1. The number of aromatic nitrogens is 4. The SMILES string of the molecule is Cc1nonc1OCCNC(=O)c1c(-c2ccccc2)n[nH]c1C. The molecule has 0 unspecified atom stereocenters. The third kappa shape index (κ3) is 3.27. The topological polar surface area (TPSA) is 106 Å². The van der Waals surface area contributed by atoms with Crippen molar-refractivity contribution in [2.24, 2.45) is 0 Å². The molecule has 2 heterocycles. The van der Waals surface area contributed by atoms with Gasteiger partial charge in [-0.25, -0.2) is 4.63 Å². The molecule has 0 radical (unpaired) electrons. The average Bonchev–Trinajstić information content (AvgIpc) is 3.18. The number of H-pyrrole nitrogens is 1. The van der Waals surface area contributed by atoms with E-state index in [9.17, 15) is 4.79 Å². The molecule has 8 nitrogen and oxygen atoms in total. The Hall–Kier alpha value is -3.16. The summed E-state index contributed by atoms with van der Waals surface area (Å²) < 4.78 is 9.92. The Labute approximate surface area is 138 Å². The smallest absolute Gasteiger partial charge is 0.278 e. The molecule has 0 bridgehead atoms. The third-order valence-corrected chi connectivity index (χ3v) is 3.46. The van der Waals surface area contributed by atoms with Crippen molar-refractivity contribution in [3.05, 3.63) is 47.3 Å². The van der Waals surface area contributed by atoms with Crippen molar-refractivity contribution in [1.82, 2.24) is 25.8 Å². The van der Waals surface area contributed by atoms with Crippen molar-refractivity contribution in [3.8, 4) is 17.1 Å². The summed E-state index contributed by atoms with van der Waals surface area (Å²) in [4.78, 5) is 12.5. The minimum absolute atomic E-state index is 0.210. The number of nitrogens with zero attached hydrogens (tertiary/aromatic N) is 3. The maximum absolute atomic E-state index is 12.5. The van der Waals surface area contributed by atoms with Gasteiger partial charge in [0.05, 0.1) is 12.1 Å². The molecule has 124 valence electrons. The van der Waals surface area contributed by atoms with Crippen LogP contribution in [0.2, 0.25) is 0 Å². The first kappa shape index (κ1) is 15.7. The zero-order chi connectivity index (χ0) is 16.9. The largest absolute Gasteiger partial charge is 0.472 e. The molecule has 0 aliphatic carbocycles. The fraction of sp³-hybridized carbons (Fsp3) is 0.250. The van der Waals surface area contributed by atoms with Crippen LogP contribution in [-0.4, -0.2) is 39.6 Å². The van der Waals surface area contributed by atoms with Gasteiger partial charge >= 0.3 is 0 Å². The van der Waals surface area contributed by atoms with Gasteiger partial charge in [0, 0.05) is 11.3 Å². The maximum atomic E-state index is 12.5. The van der Waals surface area contributed by atoms with Crippen LogP contribution < -0.4 is 10.1 Å². The fourth-order valence-electron chi connectivity index (χ4n) is 2.27. The number of nitrogens with one attached hydrogen (secondary N) is 2. The van der Waals surface area contributed by atoms with Gasteiger partial charge in [-0.05, 0) is 19.0 Å². The highest BCUT2D eigenvalue weighted by Crippen LogP contribution is 2.23. The molecule has 0 spiro atoms. The van der Waals surface area contributed by atoms with E-state index in [0.717, 1.165) is 5.56 Å². The highest BCUT2D eigenvalue weighted by Gasteiger charge is 2.19. The highest BCUT2D eigenvalue weighted by atomic mass is 16.6. The second-order valence-corrected chi connectivity index (χ2v) is 5.20. The second-order valence-electron chi connectivity index (χ2n) is 5.20. The minimum atomic E-state index is -0.210. The van der Waals surface area contributed by atoms with Crippen LogP contribution in [0.5, 0.6) is 5.88 Å². The lowest BCUT2D eigenvalue weighted by atomic mass is 10.1. The Balaban J connectivity index is 1.63. The van der Waals surface area contributed by atoms with E-state index < -0.39 is 0 Å². The van der Waals surface area contributed by atoms with Crippen molar-refractivity contribution < 1.29 is 14.2 Å². The van der Waals surface area contributed by atoms with Gasteiger partial charge in [-0.1, -0.05) is 35.5 Å². The van der Waals surface area contributed by atoms with Gasteiger partial charge in [0.15, 0.2) is 0 Å². The van der Waals surface area contributed by atoms with Crippen LogP contribution in [0.25, 0.3) is 11.3 Å². The maximum Gasteiger partial charge on any atom is 0.278 e. The minimum Gasteiger partial charge on any atom is -0.472 e. The Kier molecular flexibility index (Phi) is 4.55. The monoisotopic (exact) mass is 327 g/mol. The van der Waals surface area contributed by atoms with E-state index in [4.69, 9.17) is 4.74 Å². The summed E-state index contributed by atoms with van der Waals surface area (Å²) in [5.41, 5.74) is 3.32. The van der Waals surface area contributed by atoms with Crippen LogP contribution >= 0.6 is 0 Å². The number of carbonyl (C=O) groups is 1. The lowest BCUT2D eigenvalue weighted by Crippen LogP contribution is -2.28. The molecule has 0 aliphatic heterocycles. The molecule has 0 saturated carbocycles. The van der Waals surface area contributed by atoms with E-state index in [2.05, 4.69) is 30.5 Å². The van der Waals surface area contributed by atoms with Gasteiger partial charge in [0.2, 0.25) is 0 Å². The Morgan fingerprint density at radius 3 is 2.75 bits per heavy atom. The average molecular weight is 327 g/mol. The highest BCUT2D eigenvalue weighted by molar-refractivity contribution is 6.01. The normalized spacial score (nSPS) is 10.6. The van der Waals surface area contributed by atoms with E-state index in [0.29, 0.717) is 35.1 Å². The molecule has 0 atom stereocenters. The number of hydrogen-bond donors (Lipinski definition) is 2. The first-order valence-corrected chi connectivity index (χ1v) is 7.47. The summed E-state index contributed by atoms with van der Waals surface area (Å²) in [6.07, 6.45) is 0. The quantitative estimate of drug-likeness (QED) is 0.670. The molecule has 1 aromatic carbocycles. The van der Waals surface area contributed by atoms with Crippen LogP contribution in [0.3, 0.4) is 0 Å². The zero-order valence-corrected chi connectivity index (χ0v) is 13.4. The lowest BCUT2D eigenvalue weighted by molar-refractivity contribution is 0.0946. The van der Waals surface area contributed by atoms with Crippen molar-refractivity contribution >= 4 is 5.91 Å². The molecule has 0 aliphatic rings. The Bertz CT molecular complexity index is 825. The molecule has 0 fully saturated rings. The van der Waals surface area contributed by atoms with Gasteiger partial charge in [0.25, 0.3) is 11.8 Å². The summed E-state index contributed by atoms with van der Waals surface area (Å²) in [5.74, 6) is 0.118. The van der Waals surface area contributed by atoms with Gasteiger partial charge in [-0.15, -0.1) is 0 Å². The van der Waals surface area contributed by atoms with Crippen LogP contribution in [-0.2, 0) is 0 Å². The second kappa shape index (κ2) is 6.95. The van der Waals surface area contributed by atoms with E-state index in [1.165, 1.54) is 0 Å².